The molecule has 0 unspecified atom stereocenters. The molecule has 273 valence electrons. The van der Waals surface area contributed by atoms with Crippen LogP contribution in [0.4, 0.5) is 0 Å². The minimum atomic E-state index is -0.248. The zero-order valence-electron chi connectivity index (χ0n) is 32.3. The van der Waals surface area contributed by atoms with E-state index >= 15 is 0 Å². The van der Waals surface area contributed by atoms with Gasteiger partial charge in [-0.2, -0.15) is 0 Å². The van der Waals surface area contributed by atoms with Crippen LogP contribution in [-0.4, -0.2) is 15.9 Å². The first kappa shape index (κ1) is 40.8. The summed E-state index contributed by atoms with van der Waals surface area (Å²) in [4.78, 5) is 19.5. The first-order valence-corrected chi connectivity index (χ1v) is 19.5. The maximum Gasteiger partial charge on any atom is 0.162 e. The summed E-state index contributed by atoms with van der Waals surface area (Å²) >= 11 is 1.93. The number of aliphatic hydroxyl groups is 1. The number of hydrogen-bond donors (Lipinski definition) is 1. The van der Waals surface area contributed by atoms with E-state index in [4.69, 9.17) is 4.98 Å². The summed E-state index contributed by atoms with van der Waals surface area (Å²) in [6, 6.07) is 23.9. The Morgan fingerprint density at radius 3 is 2.20 bits per heavy atom. The molecule has 0 spiro atoms. The van der Waals surface area contributed by atoms with Crippen molar-refractivity contribution in [2.24, 2.45) is 22.7 Å². The van der Waals surface area contributed by atoms with Gasteiger partial charge in [-0.05, 0) is 94.0 Å². The Labute approximate surface area is 324 Å². The summed E-state index contributed by atoms with van der Waals surface area (Å²) in [5.41, 5.74) is 5.06. The van der Waals surface area contributed by atoms with Gasteiger partial charge in [-0.1, -0.05) is 122 Å². The number of ketones is 1. The predicted octanol–water partition coefficient (Wildman–Crippen LogP) is 13.5. The third-order valence-corrected chi connectivity index (χ3v) is 11.8. The molecule has 0 saturated carbocycles. The van der Waals surface area contributed by atoms with Crippen LogP contribution in [0.25, 0.3) is 43.6 Å². The Balaban J connectivity index is 0.000000294. The van der Waals surface area contributed by atoms with E-state index in [9.17, 15) is 9.90 Å². The summed E-state index contributed by atoms with van der Waals surface area (Å²) in [5.74, 6) is 0.989. The molecule has 6 rings (SSSR count). The fourth-order valence-corrected chi connectivity index (χ4v) is 8.45. The minimum Gasteiger partial charge on any atom is -0.512 e. The molecule has 2 heterocycles. The predicted molar refractivity (Wildman–Crippen MR) is 215 cm³/mol. The second kappa shape index (κ2) is 16.8. The third kappa shape index (κ3) is 8.64. The van der Waals surface area contributed by atoms with Gasteiger partial charge in [0.15, 0.2) is 5.78 Å². The molecule has 51 heavy (non-hydrogen) atoms. The molecule has 1 aliphatic rings. The summed E-state index contributed by atoms with van der Waals surface area (Å²) in [6.45, 7) is 21.7. The number of carbonyl (C=O) groups is 1. The molecule has 1 N–H and O–H groups in total. The zero-order chi connectivity index (χ0) is 36.4. The van der Waals surface area contributed by atoms with Gasteiger partial charge in [0.1, 0.15) is 5.76 Å². The minimum absolute atomic E-state index is 0. The van der Waals surface area contributed by atoms with Crippen LogP contribution in [0.3, 0.4) is 0 Å². The monoisotopic (exact) mass is 879 g/mol. The molecule has 0 fully saturated rings. The van der Waals surface area contributed by atoms with E-state index in [1.165, 1.54) is 64.9 Å². The number of aromatic nitrogens is 1. The van der Waals surface area contributed by atoms with E-state index in [0.717, 1.165) is 44.2 Å². The summed E-state index contributed by atoms with van der Waals surface area (Å²) in [6.07, 6.45) is 8.93. The van der Waals surface area contributed by atoms with Crippen molar-refractivity contribution < 1.29 is 30.0 Å². The molecule has 0 saturated heterocycles. The van der Waals surface area contributed by atoms with Crippen LogP contribution in [-0.2, 0) is 37.7 Å². The molecule has 5 aromatic rings. The van der Waals surface area contributed by atoms with E-state index < -0.39 is 0 Å². The molecule has 5 heteroatoms. The maximum atomic E-state index is 11.9. The Morgan fingerprint density at radius 2 is 1.57 bits per heavy atom. The van der Waals surface area contributed by atoms with Crippen molar-refractivity contribution in [1.82, 2.24) is 4.98 Å². The first-order valence-electron chi connectivity index (χ1n) is 18.7. The number of aliphatic hydroxyl groups excluding tert-OH is 1. The largest absolute Gasteiger partial charge is 0.512 e. The van der Waals surface area contributed by atoms with Crippen molar-refractivity contribution in [2.45, 2.75) is 118 Å². The average molecular weight is 879 g/mol. The van der Waals surface area contributed by atoms with Crippen LogP contribution in [0.2, 0.25) is 0 Å². The van der Waals surface area contributed by atoms with Crippen molar-refractivity contribution in [1.29, 1.82) is 0 Å². The maximum absolute atomic E-state index is 11.9. The van der Waals surface area contributed by atoms with Crippen LogP contribution in [0.15, 0.2) is 82.4 Å². The van der Waals surface area contributed by atoms with Gasteiger partial charge in [-0.25, -0.2) is 0 Å². The molecule has 0 bridgehead atoms. The van der Waals surface area contributed by atoms with Crippen LogP contribution in [0.5, 0.6) is 0 Å². The Hall–Kier alpha value is -2.98. The van der Waals surface area contributed by atoms with Gasteiger partial charge in [0.25, 0.3) is 0 Å². The van der Waals surface area contributed by atoms with E-state index in [1.807, 2.05) is 52.6 Å². The molecular weight excluding hydrogens is 823 g/mol. The van der Waals surface area contributed by atoms with Crippen molar-refractivity contribution in [3.63, 3.8) is 0 Å². The van der Waals surface area contributed by atoms with Crippen LogP contribution < -0.4 is 0 Å². The van der Waals surface area contributed by atoms with Gasteiger partial charge in [-0.3, -0.25) is 9.78 Å². The fraction of sp³-hybridized carbons (Fsp3) is 0.435. The molecule has 1 aliphatic heterocycles. The van der Waals surface area contributed by atoms with Crippen molar-refractivity contribution in [3.8, 4) is 11.3 Å². The number of carbonyl (C=O) groups excluding carboxylic acids is 1. The van der Waals surface area contributed by atoms with Gasteiger partial charge in [-0.15, -0.1) is 29.3 Å². The second-order valence-corrected chi connectivity index (χ2v) is 17.0. The molecule has 0 atom stereocenters. The number of nitrogens with zero attached hydrogens (tertiary/aromatic N) is 1. The van der Waals surface area contributed by atoms with E-state index in [-0.39, 0.29) is 48.4 Å². The number of hydrogen-bond acceptors (Lipinski definition) is 4. The van der Waals surface area contributed by atoms with Crippen molar-refractivity contribution >= 4 is 49.9 Å². The van der Waals surface area contributed by atoms with E-state index in [2.05, 4.69) is 95.3 Å². The molecule has 4 aromatic carbocycles. The Kier molecular flexibility index (Phi) is 13.4. The molecule has 0 amide bonds. The average Bonchev–Trinajstić information content (AvgIpc) is 3.08. The molecular formula is C46H56IrNO2S-. The normalized spacial score (nSPS) is 13.0. The van der Waals surface area contributed by atoms with E-state index in [1.54, 1.807) is 0 Å². The molecule has 1 aromatic heterocycles. The number of benzene rings is 4. The summed E-state index contributed by atoms with van der Waals surface area (Å²) < 4.78 is 0. The van der Waals surface area contributed by atoms with Gasteiger partial charge < -0.3 is 5.11 Å². The zero-order valence-corrected chi connectivity index (χ0v) is 35.5. The van der Waals surface area contributed by atoms with Gasteiger partial charge in [0, 0.05) is 54.3 Å². The standard InChI is InChI=1S/C32H30NS.C14H26O2.Ir/c1-19(2)15-20-10-8-12-23-24-13-14-33-30-26-16-21-9-6-7-11-22(21)27(18-32(3,4)5)31(26)34-28(29(24)30)17-25(20)23;1-6-11(7-2)12(15)10-13(16)14(5,8-3)9-4;/h6-14,17,19H,15,18H2,1-5H3;10-11,16H,6-9H2,1-5H3;/q-1;;/b;13-10-;. The van der Waals surface area contributed by atoms with Gasteiger partial charge in [0.2, 0.25) is 0 Å². The first-order chi connectivity index (χ1) is 23.7. The van der Waals surface area contributed by atoms with Crippen LogP contribution in [0.1, 0.15) is 106 Å². The van der Waals surface area contributed by atoms with Gasteiger partial charge >= 0.3 is 0 Å². The fourth-order valence-electron chi connectivity index (χ4n) is 7.19. The SMILES string of the molecule is CC(C)Cc1cccc2c1cc1c3c(nccc32)-c2[c-]c3ccccc3c(CC(C)(C)C)c2S1.CCC(CC)C(=O)/C=C(\O)C(C)(CC)CC.[Ir]. The number of fused-ring (bicyclic) bond motifs is 5. The van der Waals surface area contributed by atoms with Gasteiger partial charge in [0.05, 0.1) is 0 Å². The van der Waals surface area contributed by atoms with Crippen LogP contribution in [0, 0.1) is 28.7 Å². The smallest absolute Gasteiger partial charge is 0.162 e. The molecule has 1 radical (unpaired) electrons. The second-order valence-electron chi connectivity index (χ2n) is 16.0. The van der Waals surface area contributed by atoms with Crippen LogP contribution >= 0.6 is 11.8 Å². The summed E-state index contributed by atoms with van der Waals surface area (Å²) in [5, 5.41) is 17.8. The number of pyridine rings is 1. The quantitative estimate of drug-likeness (QED) is 0.0645. The molecule has 3 nitrogen and oxygen atoms in total. The van der Waals surface area contributed by atoms with E-state index in [0.29, 0.717) is 5.92 Å². The number of allylic oxidation sites excluding steroid dienone is 2. The van der Waals surface area contributed by atoms with Crippen molar-refractivity contribution in [3.05, 3.63) is 89.8 Å². The number of rotatable bonds is 10. The Bertz CT molecular complexity index is 2050. The third-order valence-electron chi connectivity index (χ3n) is 10.6. The topological polar surface area (TPSA) is 50.2 Å². The molecule has 0 aliphatic carbocycles. The summed E-state index contributed by atoms with van der Waals surface area (Å²) in [7, 11) is 0. The van der Waals surface area contributed by atoms with Crippen molar-refractivity contribution in [2.75, 3.05) is 0 Å². The Morgan fingerprint density at radius 1 is 0.902 bits per heavy atom.